The number of halogens is 1. The van der Waals surface area contributed by atoms with Crippen LogP contribution >= 0.6 is 11.6 Å². The minimum Gasteiger partial charge on any atom is -0.497 e. The highest BCUT2D eigenvalue weighted by molar-refractivity contribution is 6.30. The van der Waals surface area contributed by atoms with Crippen molar-refractivity contribution in [3.05, 3.63) is 88.4 Å². The van der Waals surface area contributed by atoms with Gasteiger partial charge in [0.05, 0.1) is 7.11 Å². The molecular formula is C28H33ClN2O2. The van der Waals surface area contributed by atoms with Crippen LogP contribution in [0.4, 0.5) is 5.69 Å². The van der Waals surface area contributed by atoms with E-state index in [1.807, 2.05) is 36.4 Å². The second kappa shape index (κ2) is 11.0. The molecule has 1 saturated heterocycles. The summed E-state index contributed by atoms with van der Waals surface area (Å²) in [5.41, 5.74) is 5.19. The molecule has 5 heteroatoms. The topological polar surface area (TPSA) is 24.9 Å². The molecule has 1 aliphatic rings. The fourth-order valence-corrected chi connectivity index (χ4v) is 4.37. The standard InChI is InChI=1S/C28H33ClN2O2/c1-21-4-9-25(20-22(21)2)31-18-16-30(17-19-31)15-14-28(23-5-10-26(32-3)11-6-23)33-27-12-7-24(29)8-13-27/h4-13,20,28H,14-19H2,1-3H3. The van der Waals surface area contributed by atoms with Crippen LogP contribution in [0.2, 0.25) is 5.02 Å². The van der Waals surface area contributed by atoms with Crippen LogP contribution in [-0.4, -0.2) is 44.7 Å². The number of methoxy groups -OCH3 is 1. The van der Waals surface area contributed by atoms with Gasteiger partial charge in [-0.1, -0.05) is 29.8 Å². The molecule has 0 radical (unpaired) electrons. The van der Waals surface area contributed by atoms with Gasteiger partial charge in [-0.3, -0.25) is 4.90 Å². The van der Waals surface area contributed by atoms with Gasteiger partial charge in [-0.25, -0.2) is 0 Å². The fourth-order valence-electron chi connectivity index (χ4n) is 4.24. The van der Waals surface area contributed by atoms with Gasteiger partial charge in [0, 0.05) is 49.9 Å². The van der Waals surface area contributed by atoms with Gasteiger partial charge in [0.2, 0.25) is 0 Å². The van der Waals surface area contributed by atoms with Crippen molar-refractivity contribution < 1.29 is 9.47 Å². The zero-order valence-corrected chi connectivity index (χ0v) is 20.5. The van der Waals surface area contributed by atoms with E-state index in [9.17, 15) is 0 Å². The van der Waals surface area contributed by atoms with E-state index in [0.29, 0.717) is 5.02 Å². The summed E-state index contributed by atoms with van der Waals surface area (Å²) >= 11 is 6.05. The Labute approximate surface area is 202 Å². The number of piperazine rings is 1. The zero-order chi connectivity index (χ0) is 23.2. The molecule has 0 aromatic heterocycles. The third-order valence-corrected chi connectivity index (χ3v) is 6.77. The normalized spacial score (nSPS) is 15.3. The molecule has 0 amide bonds. The summed E-state index contributed by atoms with van der Waals surface area (Å²) < 4.78 is 11.7. The fraction of sp³-hybridized carbons (Fsp3) is 0.357. The van der Waals surface area contributed by atoms with Gasteiger partial charge in [0.15, 0.2) is 0 Å². The van der Waals surface area contributed by atoms with E-state index in [-0.39, 0.29) is 6.10 Å². The summed E-state index contributed by atoms with van der Waals surface area (Å²) in [6.07, 6.45) is 0.883. The van der Waals surface area contributed by atoms with Crippen LogP contribution in [0.1, 0.15) is 29.2 Å². The van der Waals surface area contributed by atoms with Gasteiger partial charge in [-0.05, 0) is 79.1 Å². The molecule has 4 rings (SSSR count). The lowest BCUT2D eigenvalue weighted by Gasteiger charge is -2.37. The van der Waals surface area contributed by atoms with Crippen LogP contribution in [0, 0.1) is 13.8 Å². The maximum absolute atomic E-state index is 6.40. The Hall–Kier alpha value is -2.69. The first-order valence-corrected chi connectivity index (χ1v) is 12.0. The van der Waals surface area contributed by atoms with Crippen molar-refractivity contribution in [1.82, 2.24) is 4.90 Å². The Balaban J connectivity index is 1.37. The maximum atomic E-state index is 6.40. The molecule has 1 atom stereocenters. The number of ether oxygens (including phenoxy) is 2. The van der Waals surface area contributed by atoms with E-state index in [0.717, 1.165) is 56.2 Å². The first-order chi connectivity index (χ1) is 16.0. The molecule has 174 valence electrons. The van der Waals surface area contributed by atoms with E-state index in [1.54, 1.807) is 7.11 Å². The van der Waals surface area contributed by atoms with Crippen LogP contribution in [-0.2, 0) is 0 Å². The summed E-state index contributed by atoms with van der Waals surface area (Å²) in [6.45, 7) is 9.57. The van der Waals surface area contributed by atoms with Gasteiger partial charge in [0.25, 0.3) is 0 Å². The van der Waals surface area contributed by atoms with Crippen molar-refractivity contribution in [2.75, 3.05) is 44.7 Å². The molecule has 0 spiro atoms. The van der Waals surface area contributed by atoms with Gasteiger partial charge < -0.3 is 14.4 Å². The molecule has 1 aliphatic heterocycles. The van der Waals surface area contributed by atoms with Gasteiger partial charge in [0.1, 0.15) is 17.6 Å². The Bertz CT molecular complexity index is 1030. The third kappa shape index (κ3) is 6.21. The van der Waals surface area contributed by atoms with E-state index in [2.05, 4.69) is 54.0 Å². The lowest BCUT2D eigenvalue weighted by molar-refractivity contribution is 0.160. The molecule has 0 bridgehead atoms. The number of aryl methyl sites for hydroxylation is 2. The highest BCUT2D eigenvalue weighted by atomic mass is 35.5. The maximum Gasteiger partial charge on any atom is 0.125 e. The van der Waals surface area contributed by atoms with Crippen LogP contribution in [0.5, 0.6) is 11.5 Å². The molecule has 0 N–H and O–H groups in total. The van der Waals surface area contributed by atoms with Crippen molar-refractivity contribution >= 4 is 17.3 Å². The number of nitrogens with zero attached hydrogens (tertiary/aromatic N) is 2. The smallest absolute Gasteiger partial charge is 0.125 e. The van der Waals surface area contributed by atoms with E-state index in [1.165, 1.54) is 16.8 Å². The average Bonchev–Trinajstić information content (AvgIpc) is 2.85. The molecule has 1 unspecified atom stereocenters. The lowest BCUT2D eigenvalue weighted by Crippen LogP contribution is -2.47. The molecule has 4 nitrogen and oxygen atoms in total. The second-order valence-electron chi connectivity index (χ2n) is 8.72. The van der Waals surface area contributed by atoms with Crippen molar-refractivity contribution in [2.24, 2.45) is 0 Å². The van der Waals surface area contributed by atoms with Crippen LogP contribution in [0.3, 0.4) is 0 Å². The first-order valence-electron chi connectivity index (χ1n) is 11.6. The van der Waals surface area contributed by atoms with E-state index in [4.69, 9.17) is 21.1 Å². The largest absolute Gasteiger partial charge is 0.497 e. The van der Waals surface area contributed by atoms with Gasteiger partial charge >= 0.3 is 0 Å². The van der Waals surface area contributed by atoms with Crippen LogP contribution in [0.15, 0.2) is 66.7 Å². The molecule has 3 aromatic carbocycles. The summed E-state index contributed by atoms with van der Waals surface area (Å²) in [5, 5.41) is 0.713. The quantitative estimate of drug-likeness (QED) is 0.390. The minimum absolute atomic E-state index is 0.0325. The Morgan fingerprint density at radius 3 is 2.12 bits per heavy atom. The summed E-state index contributed by atoms with van der Waals surface area (Å²) in [5.74, 6) is 1.69. The summed E-state index contributed by atoms with van der Waals surface area (Å²) in [7, 11) is 1.69. The molecule has 3 aromatic rings. The van der Waals surface area contributed by atoms with Crippen molar-refractivity contribution in [3.63, 3.8) is 0 Å². The number of benzene rings is 3. The third-order valence-electron chi connectivity index (χ3n) is 6.52. The number of hydrogen-bond acceptors (Lipinski definition) is 4. The molecule has 1 fully saturated rings. The van der Waals surface area contributed by atoms with Crippen molar-refractivity contribution in [3.8, 4) is 11.5 Å². The highest BCUT2D eigenvalue weighted by Gasteiger charge is 2.20. The van der Waals surface area contributed by atoms with Crippen molar-refractivity contribution in [1.29, 1.82) is 0 Å². The van der Waals surface area contributed by atoms with Gasteiger partial charge in [-0.2, -0.15) is 0 Å². The molecular weight excluding hydrogens is 432 g/mol. The zero-order valence-electron chi connectivity index (χ0n) is 19.8. The molecule has 0 aliphatic carbocycles. The molecule has 33 heavy (non-hydrogen) atoms. The molecule has 0 saturated carbocycles. The highest BCUT2D eigenvalue weighted by Crippen LogP contribution is 2.28. The SMILES string of the molecule is COc1ccc(C(CCN2CCN(c3ccc(C)c(C)c3)CC2)Oc2ccc(Cl)cc2)cc1. The number of anilines is 1. The van der Waals surface area contributed by atoms with Crippen molar-refractivity contribution in [2.45, 2.75) is 26.4 Å². The van der Waals surface area contributed by atoms with E-state index < -0.39 is 0 Å². The monoisotopic (exact) mass is 464 g/mol. The summed E-state index contributed by atoms with van der Waals surface area (Å²) in [6, 6.07) is 22.6. The minimum atomic E-state index is -0.0325. The van der Waals surface area contributed by atoms with Crippen LogP contribution < -0.4 is 14.4 Å². The predicted octanol–water partition coefficient (Wildman–Crippen LogP) is 6.30. The second-order valence-corrected chi connectivity index (χ2v) is 9.16. The lowest BCUT2D eigenvalue weighted by atomic mass is 10.1. The summed E-state index contributed by atoms with van der Waals surface area (Å²) in [4.78, 5) is 5.04. The average molecular weight is 465 g/mol. The number of rotatable bonds is 8. The van der Waals surface area contributed by atoms with Gasteiger partial charge in [-0.15, -0.1) is 0 Å². The van der Waals surface area contributed by atoms with E-state index >= 15 is 0 Å². The predicted molar refractivity (Wildman–Crippen MR) is 137 cm³/mol. The Morgan fingerprint density at radius 1 is 0.818 bits per heavy atom. The Kier molecular flexibility index (Phi) is 7.79. The molecule has 1 heterocycles. The Morgan fingerprint density at radius 2 is 1.48 bits per heavy atom. The first kappa shape index (κ1) is 23.5. The number of hydrogen-bond donors (Lipinski definition) is 0. The van der Waals surface area contributed by atoms with Crippen LogP contribution in [0.25, 0.3) is 0 Å².